The van der Waals surface area contributed by atoms with Crippen LogP contribution < -0.4 is 24.4 Å². The van der Waals surface area contributed by atoms with Crippen LogP contribution in [0.2, 0.25) is 0 Å². The van der Waals surface area contributed by atoms with E-state index >= 15 is 0 Å². The van der Waals surface area contributed by atoms with Crippen LogP contribution in [-0.4, -0.2) is 54.4 Å². The SMILES string of the molecule is COc1cc(Nc2nc(N3CCCC3)c3nccnc3n2)cc(OC)c1OC. The van der Waals surface area contributed by atoms with E-state index in [0.717, 1.165) is 31.7 Å². The molecule has 0 spiro atoms. The maximum Gasteiger partial charge on any atom is 0.231 e. The number of nitrogens with one attached hydrogen (secondary N) is 1. The van der Waals surface area contributed by atoms with Gasteiger partial charge in [0.1, 0.15) is 0 Å². The summed E-state index contributed by atoms with van der Waals surface area (Å²) in [7, 11) is 4.73. The molecule has 9 nitrogen and oxygen atoms in total. The molecule has 0 bridgehead atoms. The highest BCUT2D eigenvalue weighted by Gasteiger charge is 2.20. The van der Waals surface area contributed by atoms with Crippen molar-refractivity contribution in [2.45, 2.75) is 12.8 Å². The van der Waals surface area contributed by atoms with Gasteiger partial charge in [-0.2, -0.15) is 9.97 Å². The van der Waals surface area contributed by atoms with Crippen molar-refractivity contribution >= 4 is 28.6 Å². The van der Waals surface area contributed by atoms with Gasteiger partial charge in [0, 0.05) is 43.3 Å². The van der Waals surface area contributed by atoms with Gasteiger partial charge in [0.05, 0.1) is 21.3 Å². The normalized spacial score (nSPS) is 13.6. The Bertz CT molecular complexity index is 966. The first-order valence-corrected chi connectivity index (χ1v) is 9.04. The van der Waals surface area contributed by atoms with Crippen LogP contribution in [0.3, 0.4) is 0 Å². The van der Waals surface area contributed by atoms with Gasteiger partial charge >= 0.3 is 0 Å². The minimum Gasteiger partial charge on any atom is -0.493 e. The molecule has 1 saturated heterocycles. The number of aromatic nitrogens is 4. The summed E-state index contributed by atoms with van der Waals surface area (Å²) in [6.07, 6.45) is 5.58. The highest BCUT2D eigenvalue weighted by Crippen LogP contribution is 2.40. The Morgan fingerprint density at radius 1 is 0.893 bits per heavy atom. The molecule has 1 fully saturated rings. The zero-order valence-electron chi connectivity index (χ0n) is 16.1. The fraction of sp³-hybridized carbons (Fsp3) is 0.368. The third-order valence-electron chi connectivity index (χ3n) is 4.64. The molecule has 1 aromatic carbocycles. The minimum absolute atomic E-state index is 0.434. The molecule has 1 N–H and O–H groups in total. The van der Waals surface area contributed by atoms with Crippen molar-refractivity contribution in [1.82, 2.24) is 19.9 Å². The molecule has 1 aliphatic heterocycles. The number of rotatable bonds is 6. The molecule has 0 aliphatic carbocycles. The first-order chi connectivity index (χ1) is 13.7. The van der Waals surface area contributed by atoms with Crippen LogP contribution in [-0.2, 0) is 0 Å². The summed E-state index contributed by atoms with van der Waals surface area (Å²) in [4.78, 5) is 20.3. The smallest absolute Gasteiger partial charge is 0.231 e. The van der Waals surface area contributed by atoms with Crippen molar-refractivity contribution in [3.63, 3.8) is 0 Å². The standard InChI is InChI=1S/C19H22N6O3/c1-26-13-10-12(11-14(27-2)16(13)28-3)22-19-23-17-15(20-6-7-21-17)18(24-19)25-8-4-5-9-25/h6-7,10-11H,4-5,8-9H2,1-3H3,(H,21,22,23,24). The van der Waals surface area contributed by atoms with Gasteiger partial charge in [-0.1, -0.05) is 0 Å². The van der Waals surface area contributed by atoms with Gasteiger partial charge in [0.15, 0.2) is 28.5 Å². The third-order valence-corrected chi connectivity index (χ3v) is 4.64. The average molecular weight is 382 g/mol. The van der Waals surface area contributed by atoms with Crippen LogP contribution >= 0.6 is 0 Å². The Hall–Kier alpha value is -3.36. The number of nitrogens with zero attached hydrogens (tertiary/aromatic N) is 5. The monoisotopic (exact) mass is 382 g/mol. The van der Waals surface area contributed by atoms with Crippen molar-refractivity contribution in [2.24, 2.45) is 0 Å². The molecule has 1 aliphatic rings. The van der Waals surface area contributed by atoms with Gasteiger partial charge in [-0.05, 0) is 12.8 Å². The summed E-state index contributed by atoms with van der Waals surface area (Å²) < 4.78 is 16.2. The van der Waals surface area contributed by atoms with Gasteiger partial charge in [-0.25, -0.2) is 9.97 Å². The predicted octanol–water partition coefficient (Wildman–Crippen LogP) is 2.79. The summed E-state index contributed by atoms with van der Waals surface area (Å²) in [6.45, 7) is 1.90. The molecule has 28 heavy (non-hydrogen) atoms. The maximum absolute atomic E-state index is 5.42. The number of benzene rings is 1. The molecule has 0 radical (unpaired) electrons. The summed E-state index contributed by atoms with van der Waals surface area (Å²) in [6, 6.07) is 3.61. The van der Waals surface area contributed by atoms with Crippen molar-refractivity contribution in [3.8, 4) is 17.2 Å². The number of methoxy groups -OCH3 is 3. The molecular weight excluding hydrogens is 360 g/mol. The van der Waals surface area contributed by atoms with E-state index in [1.807, 2.05) is 0 Å². The van der Waals surface area contributed by atoms with E-state index < -0.39 is 0 Å². The molecule has 2 aromatic heterocycles. The second-order valence-electron chi connectivity index (χ2n) is 6.33. The van der Waals surface area contributed by atoms with E-state index in [2.05, 4.69) is 25.2 Å². The molecule has 0 atom stereocenters. The molecule has 3 heterocycles. The largest absolute Gasteiger partial charge is 0.493 e. The molecular formula is C19H22N6O3. The fourth-order valence-electron chi connectivity index (χ4n) is 3.34. The van der Waals surface area contributed by atoms with Crippen LogP contribution in [0.4, 0.5) is 17.5 Å². The Kier molecular flexibility index (Phi) is 4.96. The Morgan fingerprint density at radius 3 is 2.21 bits per heavy atom. The second kappa shape index (κ2) is 7.71. The molecule has 3 aromatic rings. The molecule has 4 rings (SSSR count). The van der Waals surface area contributed by atoms with Gasteiger partial charge in [-0.3, -0.25) is 0 Å². The number of fused-ring (bicyclic) bond motifs is 1. The highest BCUT2D eigenvalue weighted by atomic mass is 16.5. The van der Waals surface area contributed by atoms with Gasteiger partial charge in [-0.15, -0.1) is 0 Å². The zero-order chi connectivity index (χ0) is 19.5. The number of hydrogen-bond donors (Lipinski definition) is 1. The lowest BCUT2D eigenvalue weighted by Gasteiger charge is -2.19. The van der Waals surface area contributed by atoms with Crippen LogP contribution in [0.15, 0.2) is 24.5 Å². The average Bonchev–Trinajstić information content (AvgIpc) is 3.27. The van der Waals surface area contributed by atoms with Crippen molar-refractivity contribution in [2.75, 3.05) is 44.6 Å². The van der Waals surface area contributed by atoms with Crippen LogP contribution in [0, 0.1) is 0 Å². The van der Waals surface area contributed by atoms with Crippen molar-refractivity contribution in [1.29, 1.82) is 0 Å². The Balaban J connectivity index is 1.76. The van der Waals surface area contributed by atoms with E-state index in [9.17, 15) is 0 Å². The van der Waals surface area contributed by atoms with Crippen molar-refractivity contribution < 1.29 is 14.2 Å². The lowest BCUT2D eigenvalue weighted by Crippen LogP contribution is -2.20. The Morgan fingerprint density at radius 2 is 1.57 bits per heavy atom. The van der Waals surface area contributed by atoms with Crippen LogP contribution in [0.25, 0.3) is 11.2 Å². The lowest BCUT2D eigenvalue weighted by molar-refractivity contribution is 0.324. The maximum atomic E-state index is 5.42. The van der Waals surface area contributed by atoms with Gasteiger partial charge in [0.2, 0.25) is 11.7 Å². The Labute approximate surface area is 162 Å². The first-order valence-electron chi connectivity index (χ1n) is 9.04. The van der Waals surface area contributed by atoms with E-state index in [1.54, 1.807) is 45.9 Å². The number of ether oxygens (including phenoxy) is 3. The first kappa shape index (κ1) is 18.0. The lowest BCUT2D eigenvalue weighted by atomic mass is 10.2. The minimum atomic E-state index is 0.434. The van der Waals surface area contributed by atoms with Crippen LogP contribution in [0.5, 0.6) is 17.2 Å². The number of hydrogen-bond acceptors (Lipinski definition) is 9. The van der Waals surface area contributed by atoms with E-state index in [1.165, 1.54) is 0 Å². The van der Waals surface area contributed by atoms with Crippen LogP contribution in [0.1, 0.15) is 12.8 Å². The molecule has 9 heteroatoms. The van der Waals surface area contributed by atoms with E-state index in [0.29, 0.717) is 40.0 Å². The predicted molar refractivity (Wildman–Crippen MR) is 106 cm³/mol. The van der Waals surface area contributed by atoms with Gasteiger partial charge < -0.3 is 24.4 Å². The van der Waals surface area contributed by atoms with E-state index in [-0.39, 0.29) is 0 Å². The highest BCUT2D eigenvalue weighted by molar-refractivity contribution is 5.84. The summed E-state index contributed by atoms with van der Waals surface area (Å²) >= 11 is 0. The molecule has 0 unspecified atom stereocenters. The van der Waals surface area contributed by atoms with E-state index in [4.69, 9.17) is 19.2 Å². The molecule has 146 valence electrons. The zero-order valence-corrected chi connectivity index (χ0v) is 16.1. The summed E-state index contributed by atoms with van der Waals surface area (Å²) in [5.74, 6) is 2.85. The quantitative estimate of drug-likeness (QED) is 0.690. The topological polar surface area (TPSA) is 94.5 Å². The summed E-state index contributed by atoms with van der Waals surface area (Å²) in [5, 5.41) is 3.23. The van der Waals surface area contributed by atoms with Gasteiger partial charge in [0.25, 0.3) is 0 Å². The molecule has 0 amide bonds. The van der Waals surface area contributed by atoms with Crippen molar-refractivity contribution in [3.05, 3.63) is 24.5 Å². The number of anilines is 3. The summed E-state index contributed by atoms with van der Waals surface area (Å²) in [5.41, 5.74) is 1.97. The molecule has 0 saturated carbocycles. The second-order valence-corrected chi connectivity index (χ2v) is 6.33. The third kappa shape index (κ3) is 3.30. The fourth-order valence-corrected chi connectivity index (χ4v) is 3.34.